The molecular weight excluding hydrogens is 168 g/mol. The smallest absolute Gasteiger partial charge is 0.0431 e. The van der Waals surface area contributed by atoms with Crippen LogP contribution in [0.4, 0.5) is 0 Å². The number of aliphatic hydroxyl groups excluding tert-OH is 1. The van der Waals surface area contributed by atoms with Crippen LogP contribution in [0.5, 0.6) is 0 Å². The summed E-state index contributed by atoms with van der Waals surface area (Å²) in [6.07, 6.45) is 11.2. The predicted octanol–water partition coefficient (Wildman–Crippen LogP) is 3.07. The van der Waals surface area contributed by atoms with Gasteiger partial charge in [-0.2, -0.15) is 11.8 Å². The Morgan fingerprint density at radius 1 is 0.833 bits per heavy atom. The van der Waals surface area contributed by atoms with Crippen molar-refractivity contribution in [3.05, 3.63) is 0 Å². The van der Waals surface area contributed by atoms with Gasteiger partial charge in [-0.15, -0.1) is 0 Å². The van der Waals surface area contributed by atoms with Gasteiger partial charge in [-0.1, -0.05) is 32.1 Å². The second kappa shape index (κ2) is 11.3. The number of aliphatic hydroxyl groups is 1. The van der Waals surface area contributed by atoms with Crippen LogP contribution in [-0.2, 0) is 0 Å². The lowest BCUT2D eigenvalue weighted by atomic mass is 10.1. The number of unbranched alkanes of at least 4 members (excludes halogenated alkanes) is 6. The van der Waals surface area contributed by atoms with Crippen LogP contribution in [0.15, 0.2) is 0 Å². The molecule has 0 saturated carbocycles. The summed E-state index contributed by atoms with van der Waals surface area (Å²) < 4.78 is 0. The lowest BCUT2D eigenvalue weighted by Crippen LogP contribution is -1.84. The minimum Gasteiger partial charge on any atom is -0.396 e. The predicted molar refractivity (Wildman–Crippen MR) is 57.8 cm³/mol. The largest absolute Gasteiger partial charge is 0.396 e. The molecule has 0 unspecified atom stereocenters. The third-order valence-electron chi connectivity index (χ3n) is 2.01. The molecule has 2 heteroatoms. The molecule has 0 amide bonds. The van der Waals surface area contributed by atoms with Crippen LogP contribution in [-0.4, -0.2) is 23.7 Å². The second-order valence-corrected chi connectivity index (χ2v) is 4.18. The Hall–Kier alpha value is 0.310. The number of hydrogen-bond acceptors (Lipinski definition) is 2. The van der Waals surface area contributed by atoms with Crippen LogP contribution < -0.4 is 0 Å². The van der Waals surface area contributed by atoms with Crippen molar-refractivity contribution in [2.24, 2.45) is 0 Å². The molecule has 0 rings (SSSR count). The molecular formula is C10H22OS. The highest BCUT2D eigenvalue weighted by Gasteiger charge is 1.90. The van der Waals surface area contributed by atoms with E-state index in [-0.39, 0.29) is 0 Å². The zero-order chi connectivity index (χ0) is 9.07. The number of hydrogen-bond donors (Lipinski definition) is 1. The van der Waals surface area contributed by atoms with Crippen LogP contribution in [0.3, 0.4) is 0 Å². The Bertz CT molecular complexity index is 66.2. The van der Waals surface area contributed by atoms with Crippen molar-refractivity contribution in [1.29, 1.82) is 0 Å². The third-order valence-corrected chi connectivity index (χ3v) is 2.70. The van der Waals surface area contributed by atoms with Crippen molar-refractivity contribution in [2.75, 3.05) is 18.6 Å². The van der Waals surface area contributed by atoms with Crippen molar-refractivity contribution in [1.82, 2.24) is 0 Å². The normalized spacial score (nSPS) is 10.5. The van der Waals surface area contributed by atoms with Crippen LogP contribution in [0.1, 0.15) is 44.9 Å². The molecule has 12 heavy (non-hydrogen) atoms. The van der Waals surface area contributed by atoms with E-state index in [1.807, 2.05) is 11.8 Å². The third kappa shape index (κ3) is 10.3. The van der Waals surface area contributed by atoms with E-state index in [0.29, 0.717) is 6.61 Å². The number of rotatable bonds is 9. The first-order valence-electron chi connectivity index (χ1n) is 5.01. The molecule has 0 aromatic carbocycles. The molecule has 0 aliphatic rings. The maximum Gasteiger partial charge on any atom is 0.0431 e. The summed E-state index contributed by atoms with van der Waals surface area (Å²) in [5.41, 5.74) is 0. The highest BCUT2D eigenvalue weighted by Crippen LogP contribution is 2.08. The van der Waals surface area contributed by atoms with Gasteiger partial charge in [-0.25, -0.2) is 0 Å². The van der Waals surface area contributed by atoms with Crippen LogP contribution >= 0.6 is 11.8 Å². The Labute approximate surface area is 80.9 Å². The first-order valence-corrected chi connectivity index (χ1v) is 6.41. The molecule has 0 aliphatic heterocycles. The van der Waals surface area contributed by atoms with E-state index < -0.39 is 0 Å². The summed E-state index contributed by atoms with van der Waals surface area (Å²) in [6.45, 7) is 0.368. The zero-order valence-electron chi connectivity index (χ0n) is 8.22. The van der Waals surface area contributed by atoms with Gasteiger partial charge in [0.2, 0.25) is 0 Å². The van der Waals surface area contributed by atoms with Crippen molar-refractivity contribution >= 4 is 11.8 Å². The van der Waals surface area contributed by atoms with E-state index in [1.165, 1.54) is 44.3 Å². The first-order chi connectivity index (χ1) is 5.91. The molecule has 1 N–H and O–H groups in total. The Morgan fingerprint density at radius 2 is 1.33 bits per heavy atom. The molecule has 0 atom stereocenters. The van der Waals surface area contributed by atoms with E-state index in [4.69, 9.17) is 5.11 Å². The monoisotopic (exact) mass is 190 g/mol. The van der Waals surface area contributed by atoms with Gasteiger partial charge in [0.25, 0.3) is 0 Å². The Balaban J connectivity index is 2.73. The SMILES string of the molecule is CSCCCCCCCCCO. The molecule has 0 bridgehead atoms. The van der Waals surface area contributed by atoms with E-state index in [9.17, 15) is 0 Å². The standard InChI is InChI=1S/C10H22OS/c1-12-10-8-6-4-2-3-5-7-9-11/h11H,2-10H2,1H3. The molecule has 0 aromatic heterocycles. The highest BCUT2D eigenvalue weighted by molar-refractivity contribution is 7.98. The zero-order valence-corrected chi connectivity index (χ0v) is 9.04. The topological polar surface area (TPSA) is 20.2 Å². The van der Waals surface area contributed by atoms with Gasteiger partial charge in [0.15, 0.2) is 0 Å². The van der Waals surface area contributed by atoms with Gasteiger partial charge in [0, 0.05) is 6.61 Å². The molecule has 0 fully saturated rings. The first kappa shape index (κ1) is 12.3. The fourth-order valence-corrected chi connectivity index (χ4v) is 1.73. The van der Waals surface area contributed by atoms with Crippen LogP contribution in [0.2, 0.25) is 0 Å². The van der Waals surface area contributed by atoms with Crippen molar-refractivity contribution in [3.63, 3.8) is 0 Å². The molecule has 0 spiro atoms. The molecule has 0 aromatic rings. The molecule has 74 valence electrons. The maximum absolute atomic E-state index is 8.54. The van der Waals surface area contributed by atoms with Crippen molar-refractivity contribution in [3.8, 4) is 0 Å². The summed E-state index contributed by atoms with van der Waals surface area (Å²) in [7, 11) is 0. The van der Waals surface area contributed by atoms with Gasteiger partial charge < -0.3 is 5.11 Å². The summed E-state index contributed by atoms with van der Waals surface area (Å²) in [4.78, 5) is 0. The summed E-state index contributed by atoms with van der Waals surface area (Å²) in [5, 5.41) is 8.54. The minimum absolute atomic E-state index is 0.368. The van der Waals surface area contributed by atoms with Crippen molar-refractivity contribution < 1.29 is 5.11 Å². The van der Waals surface area contributed by atoms with Gasteiger partial charge in [0.1, 0.15) is 0 Å². The minimum atomic E-state index is 0.368. The fourth-order valence-electron chi connectivity index (χ4n) is 1.24. The molecule has 0 heterocycles. The van der Waals surface area contributed by atoms with Crippen LogP contribution in [0, 0.1) is 0 Å². The van der Waals surface area contributed by atoms with E-state index in [1.54, 1.807) is 0 Å². The van der Waals surface area contributed by atoms with Crippen LogP contribution in [0.25, 0.3) is 0 Å². The van der Waals surface area contributed by atoms with E-state index in [2.05, 4.69) is 6.26 Å². The molecule has 1 nitrogen and oxygen atoms in total. The second-order valence-electron chi connectivity index (χ2n) is 3.19. The maximum atomic E-state index is 8.54. The van der Waals surface area contributed by atoms with E-state index in [0.717, 1.165) is 6.42 Å². The highest BCUT2D eigenvalue weighted by atomic mass is 32.2. The molecule has 0 saturated heterocycles. The van der Waals surface area contributed by atoms with E-state index >= 15 is 0 Å². The summed E-state index contributed by atoms with van der Waals surface area (Å²) in [6, 6.07) is 0. The molecule has 0 radical (unpaired) electrons. The fraction of sp³-hybridized carbons (Fsp3) is 1.00. The average Bonchev–Trinajstić information content (AvgIpc) is 2.10. The van der Waals surface area contributed by atoms with Gasteiger partial charge in [0.05, 0.1) is 0 Å². The van der Waals surface area contributed by atoms with Gasteiger partial charge in [-0.05, 0) is 24.9 Å². The quantitative estimate of drug-likeness (QED) is 0.564. The van der Waals surface area contributed by atoms with Gasteiger partial charge in [-0.3, -0.25) is 0 Å². The summed E-state index contributed by atoms with van der Waals surface area (Å²) in [5.74, 6) is 1.32. The van der Waals surface area contributed by atoms with Gasteiger partial charge >= 0.3 is 0 Å². The lowest BCUT2D eigenvalue weighted by Gasteiger charge is -1.99. The summed E-state index contributed by atoms with van der Waals surface area (Å²) >= 11 is 1.94. The lowest BCUT2D eigenvalue weighted by molar-refractivity contribution is 0.282. The Morgan fingerprint density at radius 3 is 1.83 bits per heavy atom. The van der Waals surface area contributed by atoms with Crippen molar-refractivity contribution in [2.45, 2.75) is 44.9 Å². The Kier molecular flexibility index (Phi) is 11.6. The molecule has 0 aliphatic carbocycles. The number of thioether (sulfide) groups is 1. The average molecular weight is 190 g/mol.